The Kier molecular flexibility index (Phi) is 5.47. The van der Waals surface area contributed by atoms with E-state index in [0.717, 1.165) is 48.4 Å². The van der Waals surface area contributed by atoms with Crippen molar-refractivity contribution in [3.63, 3.8) is 0 Å². The summed E-state index contributed by atoms with van der Waals surface area (Å²) in [5.74, 6) is 0. The van der Waals surface area contributed by atoms with Crippen LogP contribution < -0.4 is 0 Å². The van der Waals surface area contributed by atoms with E-state index in [1.165, 1.54) is 10.8 Å². The van der Waals surface area contributed by atoms with Crippen molar-refractivity contribution in [2.75, 3.05) is 0 Å². The molecule has 3 heterocycles. The lowest BCUT2D eigenvalue weighted by atomic mass is 10.0. The van der Waals surface area contributed by atoms with E-state index in [2.05, 4.69) is 96.2 Å². The van der Waals surface area contributed by atoms with E-state index < -0.39 is 0 Å². The molecule has 0 amide bonds. The lowest BCUT2D eigenvalue weighted by Crippen LogP contribution is -2.06. The van der Waals surface area contributed by atoms with Crippen LogP contribution in [0.3, 0.4) is 0 Å². The van der Waals surface area contributed by atoms with Crippen LogP contribution in [0.25, 0.3) is 44.0 Å². The standard InChI is InChI=1S/C31H23N3OS/c1-4-20-23-13-10-14-24(31(23)36-29(20)5-2)30(25-17-35-18-26(25)32-3)33-19-34-27-15-8-6-11-21(27)22-12-7-9-16-28(22)34/h4-18H,1-3,19H2/b33-30-. The summed E-state index contributed by atoms with van der Waals surface area (Å²) in [5, 5.41) is 3.56. The highest BCUT2D eigenvalue weighted by Gasteiger charge is 2.20. The van der Waals surface area contributed by atoms with Crippen molar-refractivity contribution >= 4 is 73.5 Å². The molecule has 0 spiro atoms. The lowest BCUT2D eigenvalue weighted by Gasteiger charge is -2.10. The molecule has 0 atom stereocenters. The maximum absolute atomic E-state index is 5.55. The van der Waals surface area contributed by atoms with Gasteiger partial charge in [0.25, 0.3) is 0 Å². The summed E-state index contributed by atoms with van der Waals surface area (Å²) in [6.45, 7) is 12.2. The highest BCUT2D eigenvalue weighted by atomic mass is 32.1. The minimum Gasteiger partial charge on any atom is -0.470 e. The number of fused-ring (bicyclic) bond motifs is 4. The van der Waals surface area contributed by atoms with E-state index >= 15 is 0 Å². The van der Waals surface area contributed by atoms with Crippen LogP contribution in [-0.2, 0) is 6.67 Å². The number of aromatic nitrogens is 1. The maximum Gasteiger partial charge on any atom is 0.117 e. The number of aliphatic imine (C=N–C) groups is 2. The van der Waals surface area contributed by atoms with E-state index in [9.17, 15) is 0 Å². The van der Waals surface area contributed by atoms with Crippen LogP contribution in [0.1, 0.15) is 21.6 Å². The predicted octanol–water partition coefficient (Wildman–Crippen LogP) is 8.72. The Morgan fingerprint density at radius 2 is 1.53 bits per heavy atom. The Morgan fingerprint density at radius 1 is 0.833 bits per heavy atom. The number of rotatable bonds is 7. The second kappa shape index (κ2) is 8.95. The molecule has 0 aliphatic carbocycles. The van der Waals surface area contributed by atoms with Gasteiger partial charge in [0.15, 0.2) is 0 Å². The molecular weight excluding hydrogens is 462 g/mol. The van der Waals surface area contributed by atoms with Gasteiger partial charge in [-0.15, -0.1) is 11.3 Å². The average molecular weight is 486 g/mol. The van der Waals surface area contributed by atoms with Crippen LogP contribution in [0.4, 0.5) is 5.69 Å². The molecule has 0 bridgehead atoms. The number of benzene rings is 3. The van der Waals surface area contributed by atoms with E-state index in [-0.39, 0.29) is 0 Å². The topological polar surface area (TPSA) is 42.8 Å². The molecule has 36 heavy (non-hydrogen) atoms. The molecule has 3 aromatic carbocycles. The zero-order valence-electron chi connectivity index (χ0n) is 19.6. The first-order valence-electron chi connectivity index (χ1n) is 11.6. The number of hydrogen-bond donors (Lipinski definition) is 0. The first-order chi connectivity index (χ1) is 17.7. The van der Waals surface area contributed by atoms with Gasteiger partial charge in [0.05, 0.1) is 22.3 Å². The Morgan fingerprint density at radius 3 is 2.19 bits per heavy atom. The van der Waals surface area contributed by atoms with Gasteiger partial charge >= 0.3 is 0 Å². The SMILES string of the molecule is C=Cc1sc2c(/C(=N/Cn3c4ccccc4c4ccccc43)c3cocc3N=C)cccc2c1C=C. The summed E-state index contributed by atoms with van der Waals surface area (Å²) >= 11 is 1.69. The molecular formula is C31H23N3OS. The molecule has 6 aromatic rings. The second-order valence-electron chi connectivity index (χ2n) is 8.41. The van der Waals surface area contributed by atoms with Crippen LogP contribution in [0.5, 0.6) is 0 Å². The summed E-state index contributed by atoms with van der Waals surface area (Å²) in [5.41, 5.74) is 6.68. The van der Waals surface area contributed by atoms with E-state index in [4.69, 9.17) is 9.41 Å². The van der Waals surface area contributed by atoms with Crippen LogP contribution in [-0.4, -0.2) is 17.0 Å². The molecule has 0 saturated heterocycles. The van der Waals surface area contributed by atoms with Gasteiger partial charge < -0.3 is 8.98 Å². The van der Waals surface area contributed by atoms with Crippen molar-refractivity contribution in [3.05, 3.63) is 114 Å². The largest absolute Gasteiger partial charge is 0.470 e. The zero-order chi connectivity index (χ0) is 24.6. The number of nitrogens with zero attached hydrogens (tertiary/aromatic N) is 3. The van der Waals surface area contributed by atoms with Crippen molar-refractivity contribution in [1.82, 2.24) is 4.57 Å². The molecule has 0 radical (unpaired) electrons. The molecule has 0 N–H and O–H groups in total. The molecule has 0 saturated carbocycles. The molecule has 0 aliphatic rings. The lowest BCUT2D eigenvalue weighted by molar-refractivity contribution is 0.567. The number of hydrogen-bond acceptors (Lipinski definition) is 4. The summed E-state index contributed by atoms with van der Waals surface area (Å²) in [6, 6.07) is 23.2. The van der Waals surface area contributed by atoms with E-state index in [1.807, 2.05) is 12.2 Å². The van der Waals surface area contributed by atoms with Gasteiger partial charge in [-0.1, -0.05) is 79.9 Å². The van der Waals surface area contributed by atoms with Crippen LogP contribution in [0.2, 0.25) is 0 Å². The van der Waals surface area contributed by atoms with E-state index in [1.54, 1.807) is 23.9 Å². The molecule has 0 aliphatic heterocycles. The Bertz CT molecular complexity index is 1780. The third kappa shape index (κ3) is 3.36. The molecule has 6 rings (SSSR count). The minimum absolute atomic E-state index is 0.440. The predicted molar refractivity (Wildman–Crippen MR) is 155 cm³/mol. The van der Waals surface area contributed by atoms with Crippen LogP contribution >= 0.6 is 11.3 Å². The second-order valence-corrected chi connectivity index (χ2v) is 9.46. The highest BCUT2D eigenvalue weighted by molar-refractivity contribution is 7.20. The zero-order valence-corrected chi connectivity index (χ0v) is 20.5. The molecule has 3 aromatic heterocycles. The smallest absolute Gasteiger partial charge is 0.117 e. The highest BCUT2D eigenvalue weighted by Crippen LogP contribution is 2.37. The summed E-state index contributed by atoms with van der Waals surface area (Å²) in [4.78, 5) is 10.5. The fourth-order valence-electron chi connectivity index (χ4n) is 4.91. The summed E-state index contributed by atoms with van der Waals surface area (Å²) in [6.07, 6.45) is 7.08. The van der Waals surface area contributed by atoms with E-state index in [0.29, 0.717) is 12.4 Å². The molecule has 174 valence electrons. The third-order valence-corrected chi connectivity index (χ3v) is 7.79. The first kappa shape index (κ1) is 22.0. The van der Waals surface area contributed by atoms with Crippen molar-refractivity contribution in [3.8, 4) is 0 Å². The van der Waals surface area contributed by atoms with Gasteiger partial charge in [0.1, 0.15) is 24.9 Å². The van der Waals surface area contributed by atoms with Crippen molar-refractivity contribution in [2.45, 2.75) is 6.67 Å². The number of para-hydroxylation sites is 2. The van der Waals surface area contributed by atoms with Crippen molar-refractivity contribution in [2.24, 2.45) is 9.98 Å². The average Bonchev–Trinajstić information content (AvgIpc) is 3.63. The maximum atomic E-state index is 5.55. The van der Waals surface area contributed by atoms with Gasteiger partial charge in [0.2, 0.25) is 0 Å². The fraction of sp³-hybridized carbons (Fsp3) is 0.0323. The van der Waals surface area contributed by atoms with Gasteiger partial charge in [-0.25, -0.2) is 0 Å². The van der Waals surface area contributed by atoms with Crippen LogP contribution in [0.15, 0.2) is 107 Å². The third-order valence-electron chi connectivity index (χ3n) is 6.54. The van der Waals surface area contributed by atoms with Gasteiger partial charge in [-0.05, 0) is 24.4 Å². The first-order valence-corrected chi connectivity index (χ1v) is 12.4. The van der Waals surface area contributed by atoms with Crippen molar-refractivity contribution in [1.29, 1.82) is 0 Å². The molecule has 0 fully saturated rings. The monoisotopic (exact) mass is 485 g/mol. The molecule has 4 nitrogen and oxygen atoms in total. The summed E-state index contributed by atoms with van der Waals surface area (Å²) in [7, 11) is 0. The fourth-order valence-corrected chi connectivity index (χ4v) is 6.08. The van der Waals surface area contributed by atoms with Crippen LogP contribution in [0, 0.1) is 0 Å². The van der Waals surface area contributed by atoms with Gasteiger partial charge in [-0.3, -0.25) is 9.98 Å². The number of thiophene rings is 1. The van der Waals surface area contributed by atoms with Gasteiger partial charge in [-0.2, -0.15) is 0 Å². The number of furan rings is 1. The molecule has 0 unspecified atom stereocenters. The Labute approximate surface area is 212 Å². The van der Waals surface area contributed by atoms with Gasteiger partial charge in [0, 0.05) is 31.3 Å². The Hall–Kier alpha value is -4.48. The minimum atomic E-state index is 0.440. The summed E-state index contributed by atoms with van der Waals surface area (Å²) < 4.78 is 8.93. The normalized spacial score (nSPS) is 11.9. The Balaban J connectivity index is 1.60. The van der Waals surface area contributed by atoms with Crippen molar-refractivity contribution < 1.29 is 4.42 Å². The molecule has 5 heteroatoms. The quantitative estimate of drug-likeness (QED) is 0.209.